The molecule has 0 aliphatic carbocycles. The van der Waals surface area contributed by atoms with Gasteiger partial charge in [-0.15, -0.1) is 0 Å². The van der Waals surface area contributed by atoms with Crippen LogP contribution in [0.5, 0.6) is 5.75 Å². The predicted octanol–water partition coefficient (Wildman–Crippen LogP) is 6.40. The molecular formula is C30H34N2O3. The summed E-state index contributed by atoms with van der Waals surface area (Å²) < 4.78 is 5.65. The maximum Gasteiger partial charge on any atom is 0.255 e. The van der Waals surface area contributed by atoms with Crippen molar-refractivity contribution in [3.05, 3.63) is 83.4 Å². The van der Waals surface area contributed by atoms with E-state index in [0.717, 1.165) is 54.1 Å². The first-order chi connectivity index (χ1) is 16.9. The summed E-state index contributed by atoms with van der Waals surface area (Å²) in [5, 5.41) is 3.03. The summed E-state index contributed by atoms with van der Waals surface area (Å²) in [6, 6.07) is 21.4. The maximum atomic E-state index is 13.1. The van der Waals surface area contributed by atoms with Crippen LogP contribution in [0.15, 0.2) is 66.7 Å². The van der Waals surface area contributed by atoms with Crippen molar-refractivity contribution in [3.8, 4) is 16.9 Å². The molecule has 5 heteroatoms. The SMILES string of the molecule is COc1ccc(NC(=O)c2ccc(-c3ccccc3)c(C(C)=O)c2)cc1C1CCN(C(C)C)CC1. The Hall–Kier alpha value is -3.44. The molecule has 1 N–H and O–H groups in total. The molecule has 1 aliphatic heterocycles. The first kappa shape index (κ1) is 24.7. The highest BCUT2D eigenvalue weighted by atomic mass is 16.5. The number of nitrogens with zero attached hydrogens (tertiary/aromatic N) is 1. The topological polar surface area (TPSA) is 58.6 Å². The Morgan fingerprint density at radius 1 is 0.971 bits per heavy atom. The van der Waals surface area contributed by atoms with Crippen molar-refractivity contribution in [2.45, 2.75) is 45.6 Å². The summed E-state index contributed by atoms with van der Waals surface area (Å²) in [4.78, 5) is 28.0. The van der Waals surface area contributed by atoms with E-state index in [0.29, 0.717) is 23.1 Å². The molecule has 1 fully saturated rings. The molecule has 1 amide bonds. The molecule has 3 aromatic carbocycles. The second-order valence-electron chi connectivity index (χ2n) is 9.50. The first-order valence-electron chi connectivity index (χ1n) is 12.3. The Kier molecular flexibility index (Phi) is 7.67. The zero-order chi connectivity index (χ0) is 24.9. The summed E-state index contributed by atoms with van der Waals surface area (Å²) in [6.45, 7) is 8.12. The van der Waals surface area contributed by atoms with Gasteiger partial charge in [0.25, 0.3) is 5.91 Å². The summed E-state index contributed by atoms with van der Waals surface area (Å²) in [7, 11) is 1.69. The highest BCUT2D eigenvalue weighted by Crippen LogP contribution is 2.36. The van der Waals surface area contributed by atoms with E-state index in [2.05, 4.69) is 24.1 Å². The number of anilines is 1. The second kappa shape index (κ2) is 10.9. The lowest BCUT2D eigenvalue weighted by molar-refractivity contribution is 0.101. The largest absolute Gasteiger partial charge is 0.496 e. The molecule has 3 aromatic rings. The van der Waals surface area contributed by atoms with Crippen LogP contribution in [-0.4, -0.2) is 42.8 Å². The summed E-state index contributed by atoms with van der Waals surface area (Å²) in [5.41, 5.74) is 4.64. The van der Waals surface area contributed by atoms with E-state index in [-0.39, 0.29) is 11.7 Å². The Labute approximate surface area is 208 Å². The number of piperidine rings is 1. The molecule has 0 radical (unpaired) electrons. The average molecular weight is 471 g/mol. The van der Waals surface area contributed by atoms with Gasteiger partial charge >= 0.3 is 0 Å². The molecule has 0 aromatic heterocycles. The fourth-order valence-electron chi connectivity index (χ4n) is 4.91. The third-order valence-corrected chi connectivity index (χ3v) is 6.93. The first-order valence-corrected chi connectivity index (χ1v) is 12.3. The zero-order valence-corrected chi connectivity index (χ0v) is 21.0. The summed E-state index contributed by atoms with van der Waals surface area (Å²) in [6.07, 6.45) is 2.13. The van der Waals surface area contributed by atoms with Crippen molar-refractivity contribution >= 4 is 17.4 Å². The van der Waals surface area contributed by atoms with Gasteiger partial charge in [-0.05, 0) is 99.6 Å². The third kappa shape index (κ3) is 5.63. The van der Waals surface area contributed by atoms with Crippen LogP contribution in [0, 0.1) is 0 Å². The number of rotatable bonds is 7. The highest BCUT2D eigenvalue weighted by molar-refractivity contribution is 6.08. The van der Waals surface area contributed by atoms with Gasteiger partial charge in [0.1, 0.15) is 5.75 Å². The number of benzene rings is 3. The van der Waals surface area contributed by atoms with E-state index < -0.39 is 0 Å². The minimum absolute atomic E-state index is 0.0713. The lowest BCUT2D eigenvalue weighted by Crippen LogP contribution is -2.37. The number of amides is 1. The van der Waals surface area contributed by atoms with Gasteiger partial charge in [0.15, 0.2) is 5.78 Å². The van der Waals surface area contributed by atoms with Gasteiger partial charge in [-0.1, -0.05) is 36.4 Å². The molecule has 0 saturated carbocycles. The number of hydrogen-bond donors (Lipinski definition) is 1. The molecule has 1 saturated heterocycles. The summed E-state index contributed by atoms with van der Waals surface area (Å²) in [5.74, 6) is 0.944. The fourth-order valence-corrected chi connectivity index (χ4v) is 4.91. The minimum Gasteiger partial charge on any atom is -0.496 e. The third-order valence-electron chi connectivity index (χ3n) is 6.93. The number of Topliss-reactive ketones (excluding diaryl/α,β-unsaturated/α-hetero) is 1. The Morgan fingerprint density at radius 3 is 2.31 bits per heavy atom. The van der Waals surface area contributed by atoms with Gasteiger partial charge < -0.3 is 15.0 Å². The normalized spacial score (nSPS) is 14.7. The van der Waals surface area contributed by atoms with Crippen LogP contribution in [0.4, 0.5) is 5.69 Å². The lowest BCUT2D eigenvalue weighted by Gasteiger charge is -2.35. The van der Waals surface area contributed by atoms with E-state index >= 15 is 0 Å². The van der Waals surface area contributed by atoms with Crippen LogP contribution in [-0.2, 0) is 0 Å². The molecule has 0 bridgehead atoms. The lowest BCUT2D eigenvalue weighted by atomic mass is 9.88. The van der Waals surface area contributed by atoms with Crippen molar-refractivity contribution in [2.75, 3.05) is 25.5 Å². The van der Waals surface area contributed by atoms with Gasteiger partial charge in [0, 0.05) is 22.9 Å². The zero-order valence-electron chi connectivity index (χ0n) is 21.0. The molecular weight excluding hydrogens is 436 g/mol. The minimum atomic E-state index is -0.238. The molecule has 0 atom stereocenters. The molecule has 1 aliphatic rings. The van der Waals surface area contributed by atoms with Crippen molar-refractivity contribution in [3.63, 3.8) is 0 Å². The van der Waals surface area contributed by atoms with Crippen LogP contribution in [0.1, 0.15) is 65.8 Å². The molecule has 35 heavy (non-hydrogen) atoms. The molecule has 0 unspecified atom stereocenters. The van der Waals surface area contributed by atoms with E-state index in [1.807, 2.05) is 54.6 Å². The standard InChI is InChI=1S/C30H34N2O3/c1-20(2)32-16-14-23(15-17-32)28-19-25(11-13-29(28)35-4)31-30(34)24-10-12-26(27(18-24)21(3)33)22-8-6-5-7-9-22/h5-13,18-20,23H,14-17H2,1-4H3,(H,31,34). The van der Waals surface area contributed by atoms with Gasteiger partial charge in [-0.25, -0.2) is 0 Å². The Balaban J connectivity index is 1.56. The van der Waals surface area contributed by atoms with Crippen LogP contribution in [0.25, 0.3) is 11.1 Å². The van der Waals surface area contributed by atoms with Crippen molar-refractivity contribution < 1.29 is 14.3 Å². The number of ether oxygens (including phenoxy) is 1. The van der Waals surface area contributed by atoms with E-state index in [1.54, 1.807) is 19.2 Å². The van der Waals surface area contributed by atoms with Crippen LogP contribution >= 0.6 is 0 Å². The number of carbonyl (C=O) groups is 2. The van der Waals surface area contributed by atoms with Crippen molar-refractivity contribution in [1.29, 1.82) is 0 Å². The molecule has 0 spiro atoms. The average Bonchev–Trinajstić information content (AvgIpc) is 2.88. The monoisotopic (exact) mass is 470 g/mol. The van der Waals surface area contributed by atoms with Crippen LogP contribution in [0.3, 0.4) is 0 Å². The number of hydrogen-bond acceptors (Lipinski definition) is 4. The van der Waals surface area contributed by atoms with Gasteiger partial charge in [-0.3, -0.25) is 9.59 Å². The summed E-state index contributed by atoms with van der Waals surface area (Å²) >= 11 is 0. The Bertz CT molecular complexity index is 1200. The second-order valence-corrected chi connectivity index (χ2v) is 9.50. The number of likely N-dealkylation sites (tertiary alicyclic amines) is 1. The Morgan fingerprint density at radius 2 is 1.69 bits per heavy atom. The molecule has 4 rings (SSSR count). The fraction of sp³-hybridized carbons (Fsp3) is 0.333. The van der Waals surface area contributed by atoms with Crippen LogP contribution in [0.2, 0.25) is 0 Å². The van der Waals surface area contributed by atoms with Crippen molar-refractivity contribution in [2.24, 2.45) is 0 Å². The number of nitrogens with one attached hydrogen (secondary N) is 1. The molecule has 1 heterocycles. The maximum absolute atomic E-state index is 13.1. The quantitative estimate of drug-likeness (QED) is 0.406. The number of ketones is 1. The number of carbonyl (C=O) groups excluding carboxylic acids is 2. The van der Waals surface area contributed by atoms with Gasteiger partial charge in [0.05, 0.1) is 7.11 Å². The molecule has 182 valence electrons. The van der Waals surface area contributed by atoms with Crippen LogP contribution < -0.4 is 10.1 Å². The van der Waals surface area contributed by atoms with Gasteiger partial charge in [0.2, 0.25) is 0 Å². The van der Waals surface area contributed by atoms with E-state index in [1.165, 1.54) is 6.92 Å². The highest BCUT2D eigenvalue weighted by Gasteiger charge is 2.25. The molecule has 5 nitrogen and oxygen atoms in total. The van der Waals surface area contributed by atoms with E-state index in [9.17, 15) is 9.59 Å². The van der Waals surface area contributed by atoms with Gasteiger partial charge in [-0.2, -0.15) is 0 Å². The van der Waals surface area contributed by atoms with E-state index in [4.69, 9.17) is 4.74 Å². The smallest absolute Gasteiger partial charge is 0.255 e. The van der Waals surface area contributed by atoms with Crippen molar-refractivity contribution in [1.82, 2.24) is 4.90 Å². The number of methoxy groups -OCH3 is 1. The predicted molar refractivity (Wildman–Crippen MR) is 142 cm³/mol.